The van der Waals surface area contributed by atoms with Gasteiger partial charge in [0.05, 0.1) is 31.6 Å². The van der Waals surface area contributed by atoms with Gasteiger partial charge in [-0.2, -0.15) is 0 Å². The molecule has 4 aromatic carbocycles. The maximum atomic E-state index is 2.42. The van der Waals surface area contributed by atoms with Gasteiger partial charge in [-0.1, -0.05) is 66.2 Å². The van der Waals surface area contributed by atoms with Gasteiger partial charge in [-0.25, -0.2) is 0 Å². The molecule has 0 saturated carbocycles. The van der Waals surface area contributed by atoms with E-state index in [0.717, 1.165) is 0 Å². The summed E-state index contributed by atoms with van der Waals surface area (Å²) < 4.78 is 0. The standard InChI is InChI=1S/C27H27NP/c1-22-18-20-24(21-19-22)28(23-12-6-4-7-13-23)26-16-10-11-17-27(26)29(2,3)25-14-8-5-9-15-25/h4-21H,1-3H3/q+1. The molecule has 0 aromatic heterocycles. The summed E-state index contributed by atoms with van der Waals surface area (Å²) >= 11 is 0. The van der Waals surface area contributed by atoms with Crippen molar-refractivity contribution in [2.75, 3.05) is 18.2 Å². The Bertz CT molecular complexity index is 1070. The lowest BCUT2D eigenvalue weighted by Crippen LogP contribution is -2.26. The van der Waals surface area contributed by atoms with Crippen molar-refractivity contribution >= 4 is 34.9 Å². The normalized spacial score (nSPS) is 11.3. The van der Waals surface area contributed by atoms with Crippen molar-refractivity contribution in [1.82, 2.24) is 0 Å². The van der Waals surface area contributed by atoms with Crippen LogP contribution in [-0.4, -0.2) is 13.3 Å². The van der Waals surface area contributed by atoms with Crippen molar-refractivity contribution in [3.05, 3.63) is 115 Å². The van der Waals surface area contributed by atoms with Crippen molar-refractivity contribution in [2.45, 2.75) is 6.92 Å². The first-order chi connectivity index (χ1) is 14.1. The summed E-state index contributed by atoms with van der Waals surface area (Å²) in [5.74, 6) is 0. The molecule has 2 heteroatoms. The van der Waals surface area contributed by atoms with E-state index in [1.165, 1.54) is 33.2 Å². The van der Waals surface area contributed by atoms with Gasteiger partial charge in [-0.15, -0.1) is 0 Å². The highest BCUT2D eigenvalue weighted by Crippen LogP contribution is 2.52. The predicted molar refractivity (Wildman–Crippen MR) is 130 cm³/mol. The van der Waals surface area contributed by atoms with Crippen LogP contribution in [0.4, 0.5) is 17.1 Å². The monoisotopic (exact) mass is 396 g/mol. The van der Waals surface area contributed by atoms with E-state index >= 15 is 0 Å². The van der Waals surface area contributed by atoms with Crippen molar-refractivity contribution in [2.24, 2.45) is 0 Å². The van der Waals surface area contributed by atoms with Gasteiger partial charge >= 0.3 is 0 Å². The van der Waals surface area contributed by atoms with Crippen molar-refractivity contribution in [1.29, 1.82) is 0 Å². The first-order valence-electron chi connectivity index (χ1n) is 9.98. The first-order valence-corrected chi connectivity index (χ1v) is 12.7. The van der Waals surface area contributed by atoms with Crippen molar-refractivity contribution in [3.8, 4) is 0 Å². The van der Waals surface area contributed by atoms with Gasteiger partial charge < -0.3 is 4.90 Å². The zero-order chi connectivity index (χ0) is 20.3. The van der Waals surface area contributed by atoms with E-state index in [1.54, 1.807) is 0 Å². The molecule has 1 nitrogen and oxygen atoms in total. The molecule has 0 aliphatic heterocycles. The van der Waals surface area contributed by atoms with Crippen molar-refractivity contribution in [3.63, 3.8) is 0 Å². The lowest BCUT2D eigenvalue weighted by molar-refractivity contribution is 1.28. The molecule has 4 rings (SSSR count). The summed E-state index contributed by atoms with van der Waals surface area (Å²) in [7, 11) is -1.53. The van der Waals surface area contributed by atoms with Crippen LogP contribution in [-0.2, 0) is 0 Å². The molecule has 0 amide bonds. The topological polar surface area (TPSA) is 3.24 Å². The highest BCUT2D eigenvalue weighted by molar-refractivity contribution is 7.88. The Kier molecular flexibility index (Phi) is 5.51. The molecule has 0 atom stereocenters. The Labute approximate surface area is 175 Å². The minimum atomic E-state index is -1.53. The third kappa shape index (κ3) is 3.97. The van der Waals surface area contributed by atoms with Gasteiger partial charge in [0, 0.05) is 11.4 Å². The maximum Gasteiger partial charge on any atom is 0.122 e. The number of anilines is 3. The van der Waals surface area contributed by atoms with E-state index in [0.29, 0.717) is 0 Å². The molecular weight excluding hydrogens is 369 g/mol. The van der Waals surface area contributed by atoms with Crippen molar-refractivity contribution < 1.29 is 0 Å². The van der Waals surface area contributed by atoms with Crippen LogP contribution >= 0.6 is 7.26 Å². The second-order valence-electron chi connectivity index (χ2n) is 7.78. The SMILES string of the molecule is Cc1ccc(N(c2ccccc2)c2ccccc2[P+](C)(C)c2ccccc2)cc1. The molecule has 0 unspecified atom stereocenters. The number of hydrogen-bond acceptors (Lipinski definition) is 1. The second kappa shape index (κ2) is 8.23. The summed E-state index contributed by atoms with van der Waals surface area (Å²) in [4.78, 5) is 2.39. The number of nitrogens with zero attached hydrogens (tertiary/aromatic N) is 1. The van der Waals surface area contributed by atoms with E-state index in [2.05, 4.69) is 134 Å². The second-order valence-corrected chi connectivity index (χ2v) is 11.7. The highest BCUT2D eigenvalue weighted by Gasteiger charge is 2.35. The van der Waals surface area contributed by atoms with Crippen LogP contribution in [0.15, 0.2) is 109 Å². The average Bonchev–Trinajstić information content (AvgIpc) is 2.77. The lowest BCUT2D eigenvalue weighted by Gasteiger charge is -2.30. The fourth-order valence-electron chi connectivity index (χ4n) is 3.76. The number of hydrogen-bond donors (Lipinski definition) is 0. The van der Waals surface area contributed by atoms with Crippen LogP contribution in [0.25, 0.3) is 0 Å². The maximum absolute atomic E-state index is 2.42. The zero-order valence-corrected chi connectivity index (χ0v) is 18.2. The van der Waals surface area contributed by atoms with E-state index in [4.69, 9.17) is 0 Å². The van der Waals surface area contributed by atoms with Gasteiger partial charge in [-0.05, 0) is 55.5 Å². The molecule has 29 heavy (non-hydrogen) atoms. The van der Waals surface area contributed by atoms with Crippen LogP contribution in [0.3, 0.4) is 0 Å². The predicted octanol–water partition coefficient (Wildman–Crippen LogP) is 6.69. The molecule has 0 bridgehead atoms. The van der Waals surface area contributed by atoms with E-state index in [1.807, 2.05) is 0 Å². The Balaban J connectivity index is 1.92. The molecule has 0 spiro atoms. The molecule has 0 aliphatic carbocycles. The summed E-state index contributed by atoms with van der Waals surface area (Å²) in [6, 6.07) is 39.3. The molecule has 0 heterocycles. The molecule has 4 aromatic rings. The number of rotatable bonds is 5. The van der Waals surface area contributed by atoms with Gasteiger partial charge in [0.1, 0.15) is 5.30 Å². The van der Waals surface area contributed by atoms with Gasteiger partial charge in [0.15, 0.2) is 0 Å². The number of para-hydroxylation sites is 2. The van der Waals surface area contributed by atoms with E-state index in [9.17, 15) is 0 Å². The molecule has 144 valence electrons. The van der Waals surface area contributed by atoms with Gasteiger partial charge in [0.25, 0.3) is 0 Å². The van der Waals surface area contributed by atoms with Crippen LogP contribution in [0, 0.1) is 6.92 Å². The van der Waals surface area contributed by atoms with E-state index in [-0.39, 0.29) is 0 Å². The van der Waals surface area contributed by atoms with Crippen LogP contribution in [0.1, 0.15) is 5.56 Å². The fraction of sp³-hybridized carbons (Fsp3) is 0.111. The highest BCUT2D eigenvalue weighted by atomic mass is 31.2. The van der Waals surface area contributed by atoms with Gasteiger partial charge in [-0.3, -0.25) is 0 Å². The summed E-state index contributed by atoms with van der Waals surface area (Å²) in [6.45, 7) is 6.97. The quantitative estimate of drug-likeness (QED) is 0.340. The lowest BCUT2D eigenvalue weighted by atomic mass is 10.1. The minimum absolute atomic E-state index is 1.18. The van der Waals surface area contributed by atoms with Crippen LogP contribution < -0.4 is 15.5 Å². The zero-order valence-electron chi connectivity index (χ0n) is 17.3. The first kappa shape index (κ1) is 19.4. The van der Waals surface area contributed by atoms with Gasteiger partial charge in [0.2, 0.25) is 0 Å². The number of benzene rings is 4. The molecular formula is C27H27NP+. The molecule has 0 radical (unpaired) electrons. The summed E-state index contributed by atoms with van der Waals surface area (Å²) in [5, 5.41) is 2.83. The third-order valence-corrected chi connectivity index (χ3v) is 8.60. The Morgan fingerprint density at radius 3 is 1.72 bits per heavy atom. The van der Waals surface area contributed by atoms with E-state index < -0.39 is 7.26 Å². The summed E-state index contributed by atoms with van der Waals surface area (Å²) in [6.07, 6.45) is 0. The fourth-order valence-corrected chi connectivity index (χ4v) is 6.17. The minimum Gasteiger partial charge on any atom is -0.307 e. The Morgan fingerprint density at radius 1 is 0.552 bits per heavy atom. The third-order valence-electron chi connectivity index (χ3n) is 5.43. The average molecular weight is 396 g/mol. The van der Waals surface area contributed by atoms with Crippen LogP contribution in [0.5, 0.6) is 0 Å². The largest absolute Gasteiger partial charge is 0.307 e. The van der Waals surface area contributed by atoms with Crippen LogP contribution in [0.2, 0.25) is 0 Å². The number of aryl methyl sites for hydroxylation is 1. The Morgan fingerprint density at radius 2 is 1.07 bits per heavy atom. The molecule has 0 N–H and O–H groups in total. The smallest absolute Gasteiger partial charge is 0.122 e. The molecule has 0 aliphatic rings. The Hall–Kier alpha value is -2.89. The molecule has 0 saturated heterocycles. The summed E-state index contributed by atoms with van der Waals surface area (Å²) in [5.41, 5.74) is 4.89. The molecule has 0 fully saturated rings.